The van der Waals surface area contributed by atoms with Gasteiger partial charge in [-0.3, -0.25) is 4.90 Å². The highest BCUT2D eigenvalue weighted by atomic mass is 19.4. The number of hydrogen-bond donors (Lipinski definition) is 1. The maximum absolute atomic E-state index is 12.2. The van der Waals surface area contributed by atoms with Gasteiger partial charge in [0, 0.05) is 13.1 Å². The second kappa shape index (κ2) is 7.06. The van der Waals surface area contributed by atoms with E-state index in [9.17, 15) is 13.2 Å². The maximum Gasteiger partial charge on any atom is 0.401 e. The van der Waals surface area contributed by atoms with Crippen molar-refractivity contribution in [3.8, 4) is 0 Å². The molecular weight excluding hydrogens is 207 g/mol. The molecule has 0 heterocycles. The summed E-state index contributed by atoms with van der Waals surface area (Å²) in [6.45, 7) is 3.29. The first kappa shape index (κ1) is 14.7. The summed E-state index contributed by atoms with van der Waals surface area (Å²) in [7, 11) is 0. The van der Waals surface area contributed by atoms with Crippen molar-refractivity contribution >= 4 is 0 Å². The van der Waals surface area contributed by atoms with Crippen LogP contribution in [-0.4, -0.2) is 42.4 Å². The molecule has 2 nitrogen and oxygen atoms in total. The van der Waals surface area contributed by atoms with Gasteiger partial charge in [-0.25, -0.2) is 0 Å². The summed E-state index contributed by atoms with van der Waals surface area (Å²) in [5, 5.41) is 8.68. The van der Waals surface area contributed by atoms with Crippen LogP contribution in [0.5, 0.6) is 0 Å². The van der Waals surface area contributed by atoms with Gasteiger partial charge in [-0.1, -0.05) is 26.7 Å². The van der Waals surface area contributed by atoms with E-state index in [1.807, 2.05) is 13.8 Å². The normalized spacial score (nSPS) is 12.8. The van der Waals surface area contributed by atoms with Crippen molar-refractivity contribution in [2.75, 3.05) is 26.2 Å². The smallest absolute Gasteiger partial charge is 0.395 e. The Balaban J connectivity index is 4.14. The van der Waals surface area contributed by atoms with Gasteiger partial charge >= 0.3 is 6.18 Å². The van der Waals surface area contributed by atoms with Crippen LogP contribution in [0.3, 0.4) is 0 Å². The molecule has 0 aromatic rings. The number of alkyl halides is 3. The summed E-state index contributed by atoms with van der Waals surface area (Å²) < 4.78 is 36.5. The van der Waals surface area contributed by atoms with Crippen molar-refractivity contribution in [2.45, 2.75) is 32.9 Å². The van der Waals surface area contributed by atoms with Crippen molar-refractivity contribution in [1.82, 2.24) is 4.90 Å². The van der Waals surface area contributed by atoms with Crippen LogP contribution in [-0.2, 0) is 0 Å². The Hall–Kier alpha value is -0.290. The fourth-order valence-electron chi connectivity index (χ4n) is 1.54. The van der Waals surface area contributed by atoms with Gasteiger partial charge in [0.1, 0.15) is 0 Å². The van der Waals surface area contributed by atoms with E-state index >= 15 is 0 Å². The molecular formula is C10H20F3NO. The molecule has 92 valence electrons. The van der Waals surface area contributed by atoms with E-state index in [4.69, 9.17) is 5.11 Å². The maximum atomic E-state index is 12.2. The minimum Gasteiger partial charge on any atom is -0.395 e. The summed E-state index contributed by atoms with van der Waals surface area (Å²) in [4.78, 5) is 1.28. The highest BCUT2D eigenvalue weighted by Crippen LogP contribution is 2.18. The summed E-state index contributed by atoms with van der Waals surface area (Å²) >= 11 is 0. The molecule has 0 radical (unpaired) electrons. The van der Waals surface area contributed by atoms with E-state index in [1.165, 1.54) is 4.90 Å². The number of aliphatic hydroxyl groups is 1. The summed E-state index contributed by atoms with van der Waals surface area (Å²) in [6, 6.07) is 0. The summed E-state index contributed by atoms with van der Waals surface area (Å²) in [6.07, 6.45) is -2.44. The number of aliphatic hydroxyl groups excluding tert-OH is 1. The van der Waals surface area contributed by atoms with Crippen LogP contribution >= 0.6 is 0 Å². The standard InChI is InChI=1S/C10H20F3NO/c1-3-9(4-2)7-14(5-6-15)8-10(11,12)13/h9,15H,3-8H2,1-2H3. The SMILES string of the molecule is CCC(CC)CN(CCO)CC(F)(F)F. The van der Waals surface area contributed by atoms with Crippen molar-refractivity contribution in [1.29, 1.82) is 0 Å². The summed E-state index contributed by atoms with van der Waals surface area (Å²) in [5.74, 6) is 0.277. The van der Waals surface area contributed by atoms with Gasteiger partial charge < -0.3 is 5.11 Å². The third-order valence-electron chi connectivity index (χ3n) is 2.49. The molecule has 0 unspecified atom stereocenters. The first-order chi connectivity index (χ1) is 6.92. The highest BCUT2D eigenvalue weighted by Gasteiger charge is 2.30. The zero-order chi connectivity index (χ0) is 11.9. The number of halogens is 3. The molecule has 0 aromatic heterocycles. The molecule has 0 aliphatic carbocycles. The first-order valence-electron chi connectivity index (χ1n) is 5.32. The third-order valence-corrected chi connectivity index (χ3v) is 2.49. The second-order valence-corrected chi connectivity index (χ2v) is 3.76. The van der Waals surface area contributed by atoms with E-state index in [2.05, 4.69) is 0 Å². The Labute approximate surface area is 89.1 Å². The molecule has 5 heteroatoms. The fraction of sp³-hybridized carbons (Fsp3) is 1.00. The van der Waals surface area contributed by atoms with E-state index in [1.54, 1.807) is 0 Å². The van der Waals surface area contributed by atoms with E-state index in [0.717, 1.165) is 12.8 Å². The Bertz CT molecular complexity index is 157. The topological polar surface area (TPSA) is 23.5 Å². The lowest BCUT2D eigenvalue weighted by Gasteiger charge is -2.26. The van der Waals surface area contributed by atoms with Gasteiger partial charge in [0.2, 0.25) is 0 Å². The van der Waals surface area contributed by atoms with Crippen LogP contribution in [0.2, 0.25) is 0 Å². The van der Waals surface area contributed by atoms with Crippen LogP contribution in [0.15, 0.2) is 0 Å². The van der Waals surface area contributed by atoms with Crippen LogP contribution in [0, 0.1) is 5.92 Å². The van der Waals surface area contributed by atoms with Gasteiger partial charge in [-0.05, 0) is 5.92 Å². The van der Waals surface area contributed by atoms with Crippen molar-refractivity contribution in [3.05, 3.63) is 0 Å². The molecule has 0 aromatic carbocycles. The van der Waals surface area contributed by atoms with Crippen molar-refractivity contribution in [2.24, 2.45) is 5.92 Å². The predicted octanol–water partition coefficient (Wildman–Crippen LogP) is 2.28. The van der Waals surface area contributed by atoms with Crippen molar-refractivity contribution < 1.29 is 18.3 Å². The molecule has 0 atom stereocenters. The number of rotatable bonds is 7. The fourth-order valence-corrected chi connectivity index (χ4v) is 1.54. The third kappa shape index (κ3) is 7.62. The minimum atomic E-state index is -4.18. The molecule has 0 aliphatic heterocycles. The highest BCUT2D eigenvalue weighted by molar-refractivity contribution is 4.67. The molecule has 1 N–H and O–H groups in total. The second-order valence-electron chi connectivity index (χ2n) is 3.76. The van der Waals surface area contributed by atoms with Crippen molar-refractivity contribution in [3.63, 3.8) is 0 Å². The zero-order valence-corrected chi connectivity index (χ0v) is 9.35. The molecule has 0 saturated heterocycles. The lowest BCUT2D eigenvalue weighted by molar-refractivity contribution is -0.148. The van der Waals surface area contributed by atoms with E-state index in [-0.39, 0.29) is 19.1 Å². The minimum absolute atomic E-state index is 0.0933. The Morgan fingerprint density at radius 2 is 1.73 bits per heavy atom. The first-order valence-corrected chi connectivity index (χ1v) is 5.32. The molecule has 0 rings (SSSR count). The van der Waals surface area contributed by atoms with Gasteiger partial charge in [0.15, 0.2) is 0 Å². The van der Waals surface area contributed by atoms with Gasteiger partial charge in [-0.15, -0.1) is 0 Å². The van der Waals surface area contributed by atoms with Crippen LogP contribution < -0.4 is 0 Å². The monoisotopic (exact) mass is 227 g/mol. The lowest BCUT2D eigenvalue weighted by atomic mass is 10.0. The molecule has 0 amide bonds. The average Bonchev–Trinajstić information content (AvgIpc) is 2.11. The Morgan fingerprint density at radius 1 is 1.20 bits per heavy atom. The van der Waals surface area contributed by atoms with Crippen LogP contribution in [0.25, 0.3) is 0 Å². The molecule has 0 saturated carbocycles. The summed E-state index contributed by atoms with van der Waals surface area (Å²) in [5.41, 5.74) is 0. The lowest BCUT2D eigenvalue weighted by Crippen LogP contribution is -2.39. The number of nitrogens with zero attached hydrogens (tertiary/aromatic N) is 1. The average molecular weight is 227 g/mol. The van der Waals surface area contributed by atoms with Crippen LogP contribution in [0.1, 0.15) is 26.7 Å². The number of hydrogen-bond acceptors (Lipinski definition) is 2. The Morgan fingerprint density at radius 3 is 2.07 bits per heavy atom. The Kier molecular flexibility index (Phi) is 6.92. The zero-order valence-electron chi connectivity index (χ0n) is 9.35. The van der Waals surface area contributed by atoms with E-state index < -0.39 is 12.7 Å². The van der Waals surface area contributed by atoms with E-state index in [0.29, 0.717) is 6.54 Å². The van der Waals surface area contributed by atoms with Crippen LogP contribution in [0.4, 0.5) is 13.2 Å². The molecule has 0 spiro atoms. The molecule has 0 fully saturated rings. The van der Waals surface area contributed by atoms with Gasteiger partial charge in [0.25, 0.3) is 0 Å². The van der Waals surface area contributed by atoms with Gasteiger partial charge in [-0.2, -0.15) is 13.2 Å². The molecule has 0 bridgehead atoms. The molecule has 15 heavy (non-hydrogen) atoms. The largest absolute Gasteiger partial charge is 0.401 e. The van der Waals surface area contributed by atoms with Gasteiger partial charge in [0.05, 0.1) is 13.2 Å². The molecule has 0 aliphatic rings. The quantitative estimate of drug-likeness (QED) is 0.721. The predicted molar refractivity (Wildman–Crippen MR) is 53.7 cm³/mol.